The van der Waals surface area contributed by atoms with Crippen molar-refractivity contribution in [1.82, 2.24) is 24.8 Å². The highest BCUT2D eigenvalue weighted by atomic mass is 16.3. The van der Waals surface area contributed by atoms with Crippen LogP contribution >= 0.6 is 0 Å². The van der Waals surface area contributed by atoms with Crippen molar-refractivity contribution >= 4 is 0 Å². The third-order valence-electron chi connectivity index (χ3n) is 2.61. The second-order valence-corrected chi connectivity index (χ2v) is 3.88. The molecule has 7 heteroatoms. The zero-order chi connectivity index (χ0) is 12.8. The van der Waals surface area contributed by atoms with Crippen LogP contribution in [0.3, 0.4) is 0 Å². The molecule has 0 saturated heterocycles. The van der Waals surface area contributed by atoms with Crippen LogP contribution in [-0.2, 0) is 19.5 Å². The Bertz CT molecular complexity index is 548. The van der Waals surface area contributed by atoms with Crippen LogP contribution in [0.4, 0.5) is 0 Å². The molecule has 7 nitrogen and oxygen atoms in total. The van der Waals surface area contributed by atoms with Crippen molar-refractivity contribution in [3.8, 4) is 0 Å². The van der Waals surface area contributed by atoms with E-state index in [1.54, 1.807) is 21.5 Å². The van der Waals surface area contributed by atoms with Gasteiger partial charge in [0.25, 0.3) is 5.56 Å². The predicted octanol–water partition coefficient (Wildman–Crippen LogP) is -0.540. The number of hydrogen-bond acceptors (Lipinski definition) is 5. The van der Waals surface area contributed by atoms with Crippen molar-refractivity contribution < 1.29 is 5.11 Å². The lowest BCUT2D eigenvalue weighted by molar-refractivity contribution is 0.275. The quantitative estimate of drug-likeness (QED) is 0.743. The van der Waals surface area contributed by atoms with Gasteiger partial charge in [0, 0.05) is 38.4 Å². The van der Waals surface area contributed by atoms with Gasteiger partial charge in [-0.2, -0.15) is 0 Å². The summed E-state index contributed by atoms with van der Waals surface area (Å²) in [5.74, 6) is 0.721. The normalized spacial score (nSPS) is 10.7. The van der Waals surface area contributed by atoms with E-state index in [0.29, 0.717) is 25.9 Å². The largest absolute Gasteiger partial charge is 0.396 e. The molecule has 0 aliphatic heterocycles. The zero-order valence-electron chi connectivity index (χ0n) is 9.94. The monoisotopic (exact) mass is 249 g/mol. The lowest BCUT2D eigenvalue weighted by Gasteiger charge is -2.05. The molecular weight excluding hydrogens is 234 g/mol. The molecule has 96 valence electrons. The summed E-state index contributed by atoms with van der Waals surface area (Å²) in [6, 6.07) is 5.05. The molecule has 2 rings (SSSR count). The summed E-state index contributed by atoms with van der Waals surface area (Å²) >= 11 is 0. The van der Waals surface area contributed by atoms with Crippen molar-refractivity contribution in [3.05, 3.63) is 40.6 Å². The van der Waals surface area contributed by atoms with E-state index in [1.807, 2.05) is 6.07 Å². The first-order chi connectivity index (χ1) is 8.81. The van der Waals surface area contributed by atoms with Crippen LogP contribution in [0.2, 0.25) is 0 Å². The third-order valence-corrected chi connectivity index (χ3v) is 2.61. The summed E-state index contributed by atoms with van der Waals surface area (Å²) in [5.41, 5.74) is -0.0353. The molecule has 2 aromatic heterocycles. The number of aromatic nitrogens is 5. The van der Waals surface area contributed by atoms with E-state index in [-0.39, 0.29) is 12.2 Å². The minimum atomic E-state index is -0.0353. The van der Waals surface area contributed by atoms with Gasteiger partial charge in [0.05, 0.1) is 0 Å². The Hall–Kier alpha value is -2.02. The molecule has 18 heavy (non-hydrogen) atoms. The van der Waals surface area contributed by atoms with E-state index in [0.717, 1.165) is 5.82 Å². The van der Waals surface area contributed by atoms with Crippen molar-refractivity contribution in [2.45, 2.75) is 25.9 Å². The average Bonchev–Trinajstić information content (AvgIpc) is 2.83. The standard InChI is InChI=1S/C11H15N5O2/c17-9-3-7-16-10(12-13-14-16)5-8-15-6-2-1-4-11(15)18/h1-2,4,6,17H,3,5,7-9H2. The molecule has 0 spiro atoms. The van der Waals surface area contributed by atoms with Gasteiger partial charge < -0.3 is 9.67 Å². The van der Waals surface area contributed by atoms with Crippen molar-refractivity contribution in [1.29, 1.82) is 0 Å². The summed E-state index contributed by atoms with van der Waals surface area (Å²) < 4.78 is 3.27. The van der Waals surface area contributed by atoms with E-state index >= 15 is 0 Å². The molecule has 0 radical (unpaired) electrons. The first kappa shape index (κ1) is 12.4. The van der Waals surface area contributed by atoms with E-state index in [4.69, 9.17) is 5.11 Å². The van der Waals surface area contributed by atoms with Crippen molar-refractivity contribution in [2.75, 3.05) is 6.61 Å². The molecule has 2 aromatic rings. The third kappa shape index (κ3) is 3.01. The summed E-state index contributed by atoms with van der Waals surface area (Å²) in [4.78, 5) is 11.5. The van der Waals surface area contributed by atoms with Gasteiger partial charge in [-0.15, -0.1) is 5.10 Å². The van der Waals surface area contributed by atoms with Gasteiger partial charge in [0.1, 0.15) is 0 Å². The van der Waals surface area contributed by atoms with E-state index in [2.05, 4.69) is 15.5 Å². The Morgan fingerprint density at radius 2 is 2.17 bits per heavy atom. The second kappa shape index (κ2) is 6.06. The molecule has 0 aliphatic rings. The first-order valence-corrected chi connectivity index (χ1v) is 5.82. The highest BCUT2D eigenvalue weighted by molar-refractivity contribution is 4.94. The number of pyridine rings is 1. The fourth-order valence-electron chi connectivity index (χ4n) is 1.66. The Labute approximate surface area is 104 Å². The lowest BCUT2D eigenvalue weighted by atomic mass is 10.3. The zero-order valence-corrected chi connectivity index (χ0v) is 9.94. The van der Waals surface area contributed by atoms with Gasteiger partial charge in [-0.25, -0.2) is 4.68 Å². The number of aliphatic hydroxyl groups excluding tert-OH is 1. The smallest absolute Gasteiger partial charge is 0.250 e. The van der Waals surface area contributed by atoms with Crippen LogP contribution < -0.4 is 5.56 Å². The molecule has 0 amide bonds. The lowest BCUT2D eigenvalue weighted by Crippen LogP contribution is -2.20. The van der Waals surface area contributed by atoms with Crippen LogP contribution in [0, 0.1) is 0 Å². The fraction of sp³-hybridized carbons (Fsp3) is 0.455. The summed E-state index contributed by atoms with van der Waals surface area (Å²) in [6.07, 6.45) is 2.94. The van der Waals surface area contributed by atoms with Gasteiger partial charge >= 0.3 is 0 Å². The number of aryl methyl sites for hydroxylation is 3. The number of aliphatic hydroxyl groups is 1. The number of hydrogen-bond donors (Lipinski definition) is 1. The van der Waals surface area contributed by atoms with Crippen LogP contribution in [-0.4, -0.2) is 36.5 Å². The average molecular weight is 249 g/mol. The Balaban J connectivity index is 2.00. The van der Waals surface area contributed by atoms with E-state index < -0.39 is 0 Å². The van der Waals surface area contributed by atoms with Gasteiger partial charge in [0.15, 0.2) is 5.82 Å². The SMILES string of the molecule is O=c1ccccn1CCc1nnnn1CCCO. The van der Waals surface area contributed by atoms with Gasteiger partial charge in [-0.3, -0.25) is 4.79 Å². The molecule has 1 N–H and O–H groups in total. The fourth-order valence-corrected chi connectivity index (χ4v) is 1.66. The Morgan fingerprint density at radius 1 is 1.28 bits per heavy atom. The molecule has 0 saturated carbocycles. The maximum Gasteiger partial charge on any atom is 0.250 e. The molecule has 0 unspecified atom stereocenters. The van der Waals surface area contributed by atoms with E-state index in [1.165, 1.54) is 6.07 Å². The highest BCUT2D eigenvalue weighted by Crippen LogP contribution is 1.97. The van der Waals surface area contributed by atoms with Crippen LogP contribution in [0.1, 0.15) is 12.2 Å². The van der Waals surface area contributed by atoms with Gasteiger partial charge in [-0.05, 0) is 22.9 Å². The maximum atomic E-state index is 11.5. The molecule has 0 aliphatic carbocycles. The minimum Gasteiger partial charge on any atom is -0.396 e. The number of nitrogens with zero attached hydrogens (tertiary/aromatic N) is 5. The molecule has 2 heterocycles. The van der Waals surface area contributed by atoms with Crippen LogP contribution in [0.15, 0.2) is 29.2 Å². The minimum absolute atomic E-state index is 0.0353. The van der Waals surface area contributed by atoms with E-state index in [9.17, 15) is 4.79 Å². The summed E-state index contributed by atoms with van der Waals surface area (Å²) in [6.45, 7) is 1.24. The maximum absolute atomic E-state index is 11.5. The molecule has 0 atom stereocenters. The predicted molar refractivity (Wildman–Crippen MR) is 63.9 cm³/mol. The van der Waals surface area contributed by atoms with Crippen LogP contribution in [0.5, 0.6) is 0 Å². The summed E-state index contributed by atoms with van der Waals surface area (Å²) in [5, 5.41) is 20.1. The molecule has 0 bridgehead atoms. The van der Waals surface area contributed by atoms with Crippen molar-refractivity contribution in [3.63, 3.8) is 0 Å². The first-order valence-electron chi connectivity index (χ1n) is 5.82. The second-order valence-electron chi connectivity index (χ2n) is 3.88. The molecular formula is C11H15N5O2. The van der Waals surface area contributed by atoms with Crippen LogP contribution in [0.25, 0.3) is 0 Å². The molecule has 0 aromatic carbocycles. The number of rotatable bonds is 6. The highest BCUT2D eigenvalue weighted by Gasteiger charge is 2.06. The van der Waals surface area contributed by atoms with Crippen molar-refractivity contribution in [2.24, 2.45) is 0 Å². The molecule has 0 fully saturated rings. The summed E-state index contributed by atoms with van der Waals surface area (Å²) in [7, 11) is 0. The van der Waals surface area contributed by atoms with Gasteiger partial charge in [-0.1, -0.05) is 6.07 Å². The number of tetrazole rings is 1. The Morgan fingerprint density at radius 3 is 2.94 bits per heavy atom. The van der Waals surface area contributed by atoms with Gasteiger partial charge in [0.2, 0.25) is 0 Å². The topological polar surface area (TPSA) is 85.8 Å². The Kier molecular flexibility index (Phi) is 4.19.